The second-order valence-corrected chi connectivity index (χ2v) is 13.3. The molecule has 0 saturated heterocycles. The van der Waals surface area contributed by atoms with Crippen molar-refractivity contribution in [3.8, 4) is 5.75 Å². The average molecular weight is 708 g/mol. The van der Waals surface area contributed by atoms with E-state index < -0.39 is 29.7 Å². The summed E-state index contributed by atoms with van der Waals surface area (Å²) >= 11 is 0. The normalized spacial score (nSPS) is 19.9. The predicted molar refractivity (Wildman–Crippen MR) is 186 cm³/mol. The summed E-state index contributed by atoms with van der Waals surface area (Å²) in [6, 6.07) is 7.38. The summed E-state index contributed by atoms with van der Waals surface area (Å²) in [6.07, 6.45) is -1.72. The van der Waals surface area contributed by atoms with E-state index >= 15 is 0 Å². The lowest BCUT2D eigenvalue weighted by Gasteiger charge is -2.36. The van der Waals surface area contributed by atoms with Gasteiger partial charge >= 0.3 is 12.2 Å². The largest absolute Gasteiger partial charge is 0.490 e. The first-order valence-electron chi connectivity index (χ1n) is 17.1. The summed E-state index contributed by atoms with van der Waals surface area (Å²) in [5.74, 6) is -0.337. The second kappa shape index (κ2) is 18.9. The zero-order valence-electron chi connectivity index (χ0n) is 29.9. The van der Waals surface area contributed by atoms with Gasteiger partial charge in [-0.3, -0.25) is 9.59 Å². The zero-order valence-corrected chi connectivity index (χ0v) is 29.9. The Labute approximate surface area is 293 Å². The van der Waals surface area contributed by atoms with Gasteiger partial charge in [0.25, 0.3) is 5.91 Å². The smallest absolute Gasteiger partial charge is 0.416 e. The molecule has 0 unspecified atom stereocenters. The van der Waals surface area contributed by atoms with Crippen LogP contribution in [-0.2, 0) is 15.7 Å². The minimum Gasteiger partial charge on any atom is -0.490 e. The first-order valence-corrected chi connectivity index (χ1v) is 17.1. The maximum absolute atomic E-state index is 14.3. The molecule has 1 aliphatic heterocycles. The molecule has 2 aromatic carbocycles. The average Bonchev–Trinajstić information content (AvgIpc) is 3.05. The molecule has 0 spiro atoms. The molecule has 1 heterocycles. The highest BCUT2D eigenvalue weighted by atomic mass is 19.4. The topological polar surface area (TPSA) is 124 Å². The van der Waals surface area contributed by atoms with Crippen molar-refractivity contribution in [1.82, 2.24) is 14.7 Å². The molecule has 0 fully saturated rings. The number of nitrogens with one attached hydrogen (secondary N) is 2. The molecule has 3 N–H and O–H groups in total. The third-order valence-corrected chi connectivity index (χ3v) is 8.66. The maximum atomic E-state index is 14.3. The van der Waals surface area contributed by atoms with Crippen molar-refractivity contribution < 1.29 is 42.1 Å². The molecule has 0 radical (unpaired) electrons. The van der Waals surface area contributed by atoms with Gasteiger partial charge in [0.1, 0.15) is 5.75 Å². The first-order chi connectivity index (χ1) is 23.6. The number of ether oxygens (including phenoxy) is 2. The van der Waals surface area contributed by atoms with Gasteiger partial charge in [0, 0.05) is 50.5 Å². The molecule has 0 aromatic heterocycles. The number of aliphatic hydroxyl groups excluding tert-OH is 1. The minimum atomic E-state index is -4.50. The number of halogens is 3. The zero-order chi connectivity index (χ0) is 37.0. The summed E-state index contributed by atoms with van der Waals surface area (Å²) in [5.41, 5.74) is -0.275. The summed E-state index contributed by atoms with van der Waals surface area (Å²) in [7, 11) is 5.69. The number of fused-ring (bicyclic) bond motifs is 1. The Morgan fingerprint density at radius 3 is 2.34 bits per heavy atom. The van der Waals surface area contributed by atoms with E-state index in [4.69, 9.17) is 9.47 Å². The number of carbonyl (C=O) groups excluding carboxylic acids is 3. The van der Waals surface area contributed by atoms with Gasteiger partial charge in [0.2, 0.25) is 5.91 Å². The molecule has 14 heteroatoms. The van der Waals surface area contributed by atoms with E-state index in [0.717, 1.165) is 50.1 Å². The van der Waals surface area contributed by atoms with Gasteiger partial charge in [-0.1, -0.05) is 6.92 Å². The molecule has 11 nitrogen and oxygen atoms in total. The van der Waals surface area contributed by atoms with Crippen LogP contribution in [-0.4, -0.2) is 110 Å². The van der Waals surface area contributed by atoms with Crippen LogP contribution >= 0.6 is 0 Å². The minimum absolute atomic E-state index is 0.0148. The van der Waals surface area contributed by atoms with Crippen molar-refractivity contribution in [3.05, 3.63) is 53.6 Å². The number of hydrogen-bond donors (Lipinski definition) is 3. The Hall–Kier alpha value is -3.88. The highest BCUT2D eigenvalue weighted by Gasteiger charge is 2.32. The fraction of sp³-hybridized carbons (Fsp3) is 0.583. The molecule has 0 bridgehead atoms. The lowest BCUT2D eigenvalue weighted by atomic mass is 10.0. The third-order valence-electron chi connectivity index (χ3n) is 8.66. The number of benzene rings is 2. The first kappa shape index (κ1) is 40.5. The van der Waals surface area contributed by atoms with E-state index in [1.54, 1.807) is 35.9 Å². The van der Waals surface area contributed by atoms with Crippen LogP contribution in [0.1, 0.15) is 68.8 Å². The number of alkyl halides is 3. The molecule has 278 valence electrons. The van der Waals surface area contributed by atoms with Crippen LogP contribution in [0.5, 0.6) is 5.75 Å². The van der Waals surface area contributed by atoms with E-state index in [1.165, 1.54) is 6.07 Å². The molecule has 50 heavy (non-hydrogen) atoms. The number of rotatable bonds is 10. The van der Waals surface area contributed by atoms with Crippen molar-refractivity contribution in [2.24, 2.45) is 5.92 Å². The van der Waals surface area contributed by atoms with Gasteiger partial charge in [-0.05, 0) is 103 Å². The van der Waals surface area contributed by atoms with Crippen molar-refractivity contribution in [1.29, 1.82) is 0 Å². The van der Waals surface area contributed by atoms with Crippen LogP contribution in [0.2, 0.25) is 0 Å². The number of amides is 4. The Balaban J connectivity index is 1.86. The van der Waals surface area contributed by atoms with Gasteiger partial charge in [-0.15, -0.1) is 0 Å². The number of carbonyl (C=O) groups is 3. The summed E-state index contributed by atoms with van der Waals surface area (Å²) < 4.78 is 51.4. The molecule has 0 aliphatic carbocycles. The SMILES string of the molecule is C[C@@H]1CCCCO[C@@H](CN(C)C(=O)CCCN(C)C)[C@H](C)CN([C@@H](C)CO)C(=O)c2cc(NC(=O)Nc3ccc(C(F)(F)F)cc3)ccc2O1. The molecule has 4 amide bonds. The van der Waals surface area contributed by atoms with Crippen LogP contribution in [0.25, 0.3) is 0 Å². The molecule has 2 aromatic rings. The van der Waals surface area contributed by atoms with E-state index in [9.17, 15) is 32.7 Å². The summed E-state index contributed by atoms with van der Waals surface area (Å²) in [5, 5.41) is 15.3. The molecule has 1 aliphatic rings. The molecule has 3 rings (SSSR count). The van der Waals surface area contributed by atoms with Gasteiger partial charge in [0.05, 0.1) is 36.0 Å². The Bertz CT molecular complexity index is 1410. The standard InChI is InChI=1S/C36H52F3N5O6/c1-24-21-44(25(2)23-45)34(47)30-20-29(41-35(48)40-28-14-12-27(13-15-28)36(37,38)39)16-17-31(30)50-26(3)10-7-8-19-49-32(24)22-43(6)33(46)11-9-18-42(4)5/h12-17,20,24-26,32,45H,7-11,18-19,21-23H2,1-6H3,(H2,40,41,48)/t24-,25+,26-,32+/m1/s1. The van der Waals surface area contributed by atoms with Crippen LogP contribution in [0.15, 0.2) is 42.5 Å². The number of likely N-dealkylation sites (N-methyl/N-ethyl adjacent to an activating group) is 1. The Kier molecular flexibility index (Phi) is 15.3. The van der Waals surface area contributed by atoms with Crippen molar-refractivity contribution in [3.63, 3.8) is 0 Å². The van der Waals surface area contributed by atoms with E-state index in [1.807, 2.05) is 32.8 Å². The van der Waals surface area contributed by atoms with Crippen LogP contribution in [0.4, 0.5) is 29.3 Å². The highest BCUT2D eigenvalue weighted by molar-refractivity contribution is 6.02. The van der Waals surface area contributed by atoms with Crippen LogP contribution < -0.4 is 15.4 Å². The number of aliphatic hydroxyl groups is 1. The van der Waals surface area contributed by atoms with Gasteiger partial charge in [0.15, 0.2) is 0 Å². The quantitative estimate of drug-likeness (QED) is 0.279. The predicted octanol–water partition coefficient (Wildman–Crippen LogP) is 5.95. The van der Waals surface area contributed by atoms with E-state index in [0.29, 0.717) is 31.7 Å². The van der Waals surface area contributed by atoms with E-state index in [-0.39, 0.29) is 54.1 Å². The van der Waals surface area contributed by atoms with Gasteiger partial charge in [-0.2, -0.15) is 13.2 Å². The lowest BCUT2D eigenvalue weighted by molar-refractivity contribution is -0.137. The highest BCUT2D eigenvalue weighted by Crippen LogP contribution is 2.31. The number of nitrogens with zero attached hydrogens (tertiary/aromatic N) is 3. The van der Waals surface area contributed by atoms with Crippen molar-refractivity contribution >= 4 is 29.2 Å². The van der Waals surface area contributed by atoms with Gasteiger partial charge in [-0.25, -0.2) is 4.79 Å². The van der Waals surface area contributed by atoms with Crippen LogP contribution in [0.3, 0.4) is 0 Å². The van der Waals surface area contributed by atoms with E-state index in [2.05, 4.69) is 10.6 Å². The lowest BCUT2D eigenvalue weighted by Crippen LogP contribution is -2.48. The number of urea groups is 1. The Morgan fingerprint density at radius 2 is 1.70 bits per heavy atom. The van der Waals surface area contributed by atoms with Gasteiger partial charge < -0.3 is 39.9 Å². The fourth-order valence-corrected chi connectivity index (χ4v) is 5.61. The molecule has 4 atom stereocenters. The molecule has 0 saturated carbocycles. The second-order valence-electron chi connectivity index (χ2n) is 13.3. The maximum Gasteiger partial charge on any atom is 0.416 e. The third kappa shape index (κ3) is 12.5. The number of hydrogen-bond acceptors (Lipinski definition) is 7. The number of anilines is 2. The van der Waals surface area contributed by atoms with Crippen molar-refractivity contribution in [2.75, 3.05) is 64.6 Å². The monoisotopic (exact) mass is 707 g/mol. The summed E-state index contributed by atoms with van der Waals surface area (Å²) in [6.45, 7) is 7.10. The summed E-state index contributed by atoms with van der Waals surface area (Å²) in [4.78, 5) is 45.3. The molecular weight excluding hydrogens is 655 g/mol. The van der Waals surface area contributed by atoms with Crippen LogP contribution in [0, 0.1) is 5.92 Å². The Morgan fingerprint density at radius 1 is 1.04 bits per heavy atom. The fourth-order valence-electron chi connectivity index (χ4n) is 5.61. The van der Waals surface area contributed by atoms with Crippen molar-refractivity contribution in [2.45, 2.75) is 77.3 Å². The molecular formula is C36H52F3N5O6.